The van der Waals surface area contributed by atoms with Gasteiger partial charge in [0.05, 0.1) is 6.26 Å². The highest BCUT2D eigenvalue weighted by molar-refractivity contribution is 6.03. The minimum Gasteiger partial charge on any atom is -0.465 e. The fraction of sp³-hybridized carbons (Fsp3) is 0.0625. The number of hydrogen-bond donors (Lipinski definition) is 1. The van der Waals surface area contributed by atoms with Crippen LogP contribution in [0.2, 0.25) is 0 Å². The quantitative estimate of drug-likeness (QED) is 0.679. The molecule has 2 rings (SSSR count). The van der Waals surface area contributed by atoms with Crippen LogP contribution in [0.25, 0.3) is 0 Å². The lowest BCUT2D eigenvalue weighted by Crippen LogP contribution is -2.13. The SMILES string of the molecule is C/C(=C\Oc1ccccc1)C(=O)Nc1cccc(F)c1. The molecule has 2 aromatic carbocycles. The molecule has 0 bridgehead atoms. The summed E-state index contributed by atoms with van der Waals surface area (Å²) in [5.41, 5.74) is 0.792. The van der Waals surface area contributed by atoms with Crippen LogP contribution >= 0.6 is 0 Å². The van der Waals surface area contributed by atoms with Crippen LogP contribution in [0.4, 0.5) is 10.1 Å². The maximum atomic E-state index is 13.0. The number of halogens is 1. The number of hydrogen-bond acceptors (Lipinski definition) is 2. The summed E-state index contributed by atoms with van der Waals surface area (Å²) in [4.78, 5) is 11.9. The summed E-state index contributed by atoms with van der Waals surface area (Å²) in [6, 6.07) is 14.8. The van der Waals surface area contributed by atoms with Crippen LogP contribution in [-0.2, 0) is 4.79 Å². The van der Waals surface area contributed by atoms with Gasteiger partial charge >= 0.3 is 0 Å². The van der Waals surface area contributed by atoms with E-state index in [9.17, 15) is 9.18 Å². The number of anilines is 1. The predicted octanol–water partition coefficient (Wildman–Crippen LogP) is 3.75. The van der Waals surface area contributed by atoms with Gasteiger partial charge in [-0.25, -0.2) is 4.39 Å². The highest BCUT2D eigenvalue weighted by Crippen LogP contribution is 2.12. The van der Waals surface area contributed by atoms with Crippen LogP contribution in [0.1, 0.15) is 6.92 Å². The van der Waals surface area contributed by atoms with E-state index in [1.54, 1.807) is 25.1 Å². The van der Waals surface area contributed by atoms with Crippen molar-refractivity contribution in [2.24, 2.45) is 0 Å². The lowest BCUT2D eigenvalue weighted by atomic mass is 10.2. The summed E-state index contributed by atoms with van der Waals surface area (Å²) in [5, 5.41) is 2.59. The molecule has 1 amide bonds. The largest absolute Gasteiger partial charge is 0.465 e. The standard InChI is InChI=1S/C16H14FNO2/c1-12(11-20-15-8-3-2-4-9-15)16(19)18-14-7-5-6-13(17)10-14/h2-11H,1H3,(H,18,19)/b12-11+. The van der Waals surface area contributed by atoms with E-state index >= 15 is 0 Å². The van der Waals surface area contributed by atoms with E-state index in [-0.39, 0.29) is 5.91 Å². The minimum absolute atomic E-state index is 0.341. The van der Waals surface area contributed by atoms with Crippen LogP contribution in [-0.4, -0.2) is 5.91 Å². The van der Waals surface area contributed by atoms with Crippen molar-refractivity contribution in [3.63, 3.8) is 0 Å². The maximum absolute atomic E-state index is 13.0. The first-order chi connectivity index (χ1) is 9.65. The van der Waals surface area contributed by atoms with Gasteiger partial charge < -0.3 is 10.1 Å². The molecule has 4 heteroatoms. The number of amides is 1. The highest BCUT2D eigenvalue weighted by Gasteiger charge is 2.06. The Hall–Kier alpha value is -2.62. The van der Waals surface area contributed by atoms with Crippen LogP contribution < -0.4 is 10.1 Å². The van der Waals surface area contributed by atoms with E-state index in [2.05, 4.69) is 5.32 Å². The monoisotopic (exact) mass is 271 g/mol. The van der Waals surface area contributed by atoms with Gasteiger partial charge in [-0.05, 0) is 37.3 Å². The van der Waals surface area contributed by atoms with Crippen molar-refractivity contribution in [2.75, 3.05) is 5.32 Å². The van der Waals surface area contributed by atoms with E-state index in [1.807, 2.05) is 18.2 Å². The molecular weight excluding hydrogens is 257 g/mol. The molecule has 3 nitrogen and oxygen atoms in total. The normalized spacial score (nSPS) is 11.0. The van der Waals surface area contributed by atoms with Crippen molar-refractivity contribution in [3.05, 3.63) is 72.2 Å². The van der Waals surface area contributed by atoms with E-state index in [0.717, 1.165) is 0 Å². The van der Waals surface area contributed by atoms with Crippen molar-refractivity contribution >= 4 is 11.6 Å². The zero-order valence-corrected chi connectivity index (χ0v) is 11.0. The Labute approximate surface area is 116 Å². The van der Waals surface area contributed by atoms with Gasteiger partial charge in [-0.1, -0.05) is 24.3 Å². The third kappa shape index (κ3) is 3.95. The van der Waals surface area contributed by atoms with Gasteiger partial charge in [-0.2, -0.15) is 0 Å². The fourth-order valence-electron chi connectivity index (χ4n) is 1.50. The molecule has 0 aliphatic carbocycles. The zero-order valence-electron chi connectivity index (χ0n) is 11.0. The average molecular weight is 271 g/mol. The van der Waals surface area contributed by atoms with Crippen molar-refractivity contribution in [1.29, 1.82) is 0 Å². The number of carbonyl (C=O) groups is 1. The number of nitrogens with one attached hydrogen (secondary N) is 1. The molecule has 0 aliphatic rings. The second-order valence-corrected chi connectivity index (χ2v) is 4.20. The summed E-state index contributed by atoms with van der Waals surface area (Å²) in [6.07, 6.45) is 1.37. The Kier molecular flexibility index (Phi) is 4.50. The van der Waals surface area contributed by atoms with E-state index in [4.69, 9.17) is 4.74 Å². The number of ether oxygens (including phenoxy) is 1. The third-order valence-corrected chi connectivity index (χ3v) is 2.56. The molecular formula is C16H14FNO2. The molecule has 0 fully saturated rings. The molecule has 0 radical (unpaired) electrons. The Morgan fingerprint density at radius 1 is 1.15 bits per heavy atom. The summed E-state index contributed by atoms with van der Waals surface area (Å²) >= 11 is 0. The number of carbonyl (C=O) groups excluding carboxylic acids is 1. The van der Waals surface area contributed by atoms with E-state index in [1.165, 1.54) is 24.5 Å². The minimum atomic E-state index is -0.398. The number of para-hydroxylation sites is 1. The van der Waals surface area contributed by atoms with Gasteiger partial charge in [0, 0.05) is 11.3 Å². The van der Waals surface area contributed by atoms with Crippen LogP contribution in [0.3, 0.4) is 0 Å². The summed E-state index contributed by atoms with van der Waals surface area (Å²) in [7, 11) is 0. The highest BCUT2D eigenvalue weighted by atomic mass is 19.1. The zero-order chi connectivity index (χ0) is 14.4. The Morgan fingerprint density at radius 3 is 2.60 bits per heavy atom. The van der Waals surface area contributed by atoms with Gasteiger partial charge in [0.15, 0.2) is 0 Å². The predicted molar refractivity (Wildman–Crippen MR) is 75.9 cm³/mol. The average Bonchev–Trinajstić information content (AvgIpc) is 2.46. The molecule has 2 aromatic rings. The summed E-state index contributed by atoms with van der Waals surface area (Å²) in [5.74, 6) is -0.0955. The van der Waals surface area contributed by atoms with Crippen molar-refractivity contribution in [2.45, 2.75) is 6.92 Å². The topological polar surface area (TPSA) is 38.3 Å². The van der Waals surface area contributed by atoms with Gasteiger partial charge in [-0.15, -0.1) is 0 Å². The summed E-state index contributed by atoms with van der Waals surface area (Å²) in [6.45, 7) is 1.62. The van der Waals surface area contributed by atoms with Gasteiger partial charge in [0.1, 0.15) is 11.6 Å². The van der Waals surface area contributed by atoms with Gasteiger partial charge in [0.2, 0.25) is 0 Å². The second-order valence-electron chi connectivity index (χ2n) is 4.20. The molecule has 20 heavy (non-hydrogen) atoms. The molecule has 0 spiro atoms. The summed E-state index contributed by atoms with van der Waals surface area (Å²) < 4.78 is 18.4. The Balaban J connectivity index is 1.98. The van der Waals surface area contributed by atoms with E-state index < -0.39 is 5.82 Å². The molecule has 1 N–H and O–H groups in total. The smallest absolute Gasteiger partial charge is 0.254 e. The van der Waals surface area contributed by atoms with Crippen LogP contribution in [0.5, 0.6) is 5.75 Å². The maximum Gasteiger partial charge on any atom is 0.254 e. The second kappa shape index (κ2) is 6.52. The lowest BCUT2D eigenvalue weighted by molar-refractivity contribution is -0.112. The number of benzene rings is 2. The molecule has 0 heterocycles. The molecule has 0 saturated carbocycles. The molecule has 0 unspecified atom stereocenters. The lowest BCUT2D eigenvalue weighted by Gasteiger charge is -2.06. The molecule has 0 saturated heterocycles. The van der Waals surface area contributed by atoms with Crippen molar-refractivity contribution in [3.8, 4) is 5.75 Å². The van der Waals surface area contributed by atoms with Crippen LogP contribution in [0, 0.1) is 5.82 Å². The fourth-order valence-corrected chi connectivity index (χ4v) is 1.50. The van der Waals surface area contributed by atoms with Crippen LogP contribution in [0.15, 0.2) is 66.4 Å². The van der Waals surface area contributed by atoms with Crippen molar-refractivity contribution < 1.29 is 13.9 Å². The third-order valence-electron chi connectivity index (χ3n) is 2.56. The van der Waals surface area contributed by atoms with E-state index in [0.29, 0.717) is 17.0 Å². The molecule has 0 aliphatic heterocycles. The number of rotatable bonds is 4. The first-order valence-corrected chi connectivity index (χ1v) is 6.10. The first-order valence-electron chi connectivity index (χ1n) is 6.10. The van der Waals surface area contributed by atoms with Crippen molar-refractivity contribution in [1.82, 2.24) is 0 Å². The molecule has 0 atom stereocenters. The molecule has 102 valence electrons. The molecule has 0 aromatic heterocycles. The van der Waals surface area contributed by atoms with Gasteiger partial charge in [-0.3, -0.25) is 4.79 Å². The first kappa shape index (κ1) is 13.8. The Bertz CT molecular complexity index is 623. The van der Waals surface area contributed by atoms with Gasteiger partial charge in [0.25, 0.3) is 5.91 Å². The Morgan fingerprint density at radius 2 is 1.90 bits per heavy atom.